The highest BCUT2D eigenvalue weighted by Crippen LogP contribution is 2.35. The summed E-state index contributed by atoms with van der Waals surface area (Å²) in [5.41, 5.74) is 2.82. The number of thiazole rings is 1. The van der Waals surface area contributed by atoms with Gasteiger partial charge in [0.05, 0.1) is 41.0 Å². The number of hydrogen-bond donors (Lipinski definition) is 0. The van der Waals surface area contributed by atoms with Crippen LogP contribution in [0.2, 0.25) is 0 Å². The van der Waals surface area contributed by atoms with Crippen LogP contribution in [0.25, 0.3) is 6.08 Å². The number of nitrogens with zero attached hydrogens (tertiary/aromatic N) is 3. The van der Waals surface area contributed by atoms with Gasteiger partial charge in [-0.2, -0.15) is 0 Å². The van der Waals surface area contributed by atoms with Crippen molar-refractivity contribution < 1.29 is 23.9 Å². The molecule has 0 radical (unpaired) electrons. The number of fused-ring (bicyclic) bond motifs is 1. The molecule has 1 aliphatic heterocycles. The van der Waals surface area contributed by atoms with E-state index >= 15 is 0 Å². The smallest absolute Gasteiger partial charge is 0.338 e. The van der Waals surface area contributed by atoms with Crippen molar-refractivity contribution in [2.45, 2.75) is 26.0 Å². The number of rotatable bonds is 9. The summed E-state index contributed by atoms with van der Waals surface area (Å²) in [5.74, 6) is 0.360. The first-order valence-corrected chi connectivity index (χ1v) is 14.8. The Morgan fingerprint density at radius 1 is 1.12 bits per heavy atom. The highest BCUT2D eigenvalue weighted by molar-refractivity contribution is 9.10. The van der Waals surface area contributed by atoms with Crippen LogP contribution in [-0.4, -0.2) is 29.7 Å². The van der Waals surface area contributed by atoms with Crippen LogP contribution in [0.15, 0.2) is 92.3 Å². The number of ether oxygens (including phenoxy) is 3. The average Bonchev–Trinajstić information content (AvgIpc) is 3.34. The lowest BCUT2D eigenvalue weighted by Crippen LogP contribution is -2.40. The molecule has 12 heteroatoms. The Labute approximate surface area is 258 Å². The molecule has 10 nitrogen and oxygen atoms in total. The van der Waals surface area contributed by atoms with Crippen molar-refractivity contribution in [1.29, 1.82) is 0 Å². The molecule has 1 aromatic heterocycles. The van der Waals surface area contributed by atoms with Gasteiger partial charge >= 0.3 is 5.97 Å². The molecule has 0 aliphatic carbocycles. The van der Waals surface area contributed by atoms with Crippen LogP contribution < -0.4 is 24.4 Å². The summed E-state index contributed by atoms with van der Waals surface area (Å²) in [4.78, 5) is 42.5. The van der Waals surface area contributed by atoms with E-state index < -0.39 is 16.9 Å². The third kappa shape index (κ3) is 6.02. The molecule has 43 heavy (non-hydrogen) atoms. The normalized spacial score (nSPS) is 14.6. The molecule has 2 heterocycles. The van der Waals surface area contributed by atoms with E-state index in [1.807, 2.05) is 37.3 Å². The quantitative estimate of drug-likeness (QED) is 0.139. The number of carbonyl (C=O) groups excluding carboxylic acids is 1. The van der Waals surface area contributed by atoms with Crippen molar-refractivity contribution in [3.8, 4) is 11.5 Å². The van der Waals surface area contributed by atoms with E-state index in [1.54, 1.807) is 34.9 Å². The van der Waals surface area contributed by atoms with E-state index in [0.717, 1.165) is 11.1 Å². The van der Waals surface area contributed by atoms with Gasteiger partial charge in [-0.1, -0.05) is 64.5 Å². The van der Waals surface area contributed by atoms with Gasteiger partial charge in [0, 0.05) is 16.6 Å². The van der Waals surface area contributed by atoms with Gasteiger partial charge < -0.3 is 14.2 Å². The number of methoxy groups -OCH3 is 2. The van der Waals surface area contributed by atoms with Gasteiger partial charge in [-0.25, -0.2) is 9.79 Å². The number of nitro groups is 1. The van der Waals surface area contributed by atoms with Crippen molar-refractivity contribution in [3.05, 3.63) is 129 Å². The number of allylic oxidation sites excluding steroid dienone is 1. The summed E-state index contributed by atoms with van der Waals surface area (Å²) < 4.78 is 19.3. The van der Waals surface area contributed by atoms with Gasteiger partial charge in [-0.3, -0.25) is 19.5 Å². The number of carbonyl (C=O) groups is 1. The molecule has 0 saturated heterocycles. The fourth-order valence-corrected chi connectivity index (χ4v) is 6.21. The topological polar surface area (TPSA) is 122 Å². The zero-order valence-corrected chi connectivity index (χ0v) is 25.8. The van der Waals surface area contributed by atoms with Crippen LogP contribution in [0.1, 0.15) is 36.1 Å². The van der Waals surface area contributed by atoms with E-state index in [2.05, 4.69) is 15.9 Å². The van der Waals surface area contributed by atoms with Gasteiger partial charge in [-0.05, 0) is 53.5 Å². The van der Waals surface area contributed by atoms with Crippen molar-refractivity contribution in [1.82, 2.24) is 4.57 Å². The fourth-order valence-electron chi connectivity index (χ4n) is 4.76. The SMILES string of the molecule is CCC1=C(C(=O)OC)[C@@H](c2ccccc2)n2c(s/c(=C\c3cc(OC)c(OCc4ccc([N+](=O)[O-])cc4)cc3Br)c2=O)=N1. The maximum atomic E-state index is 13.9. The Balaban J connectivity index is 1.54. The summed E-state index contributed by atoms with van der Waals surface area (Å²) in [7, 11) is 2.83. The Kier molecular flexibility index (Phi) is 8.88. The standard InChI is InChI=1S/C31H26BrN3O7S/c1-4-23-27(30(37)41-3)28(19-8-6-5-7-9-19)34-29(36)26(43-31(34)33-23)15-20-14-24(40-2)25(16-22(20)32)42-17-18-10-12-21(13-11-18)35(38)39/h5-16,28H,4,17H2,1-3H3/b26-15-/t28-/m1/s1. The Bertz CT molecular complexity index is 1920. The molecule has 5 rings (SSSR count). The predicted molar refractivity (Wildman–Crippen MR) is 165 cm³/mol. The number of aromatic nitrogens is 1. The molecule has 0 fully saturated rings. The van der Waals surface area contributed by atoms with E-state index in [1.165, 1.54) is 37.7 Å². The van der Waals surface area contributed by atoms with Gasteiger partial charge in [-0.15, -0.1) is 0 Å². The minimum Gasteiger partial charge on any atom is -0.493 e. The van der Waals surface area contributed by atoms with E-state index in [-0.39, 0.29) is 17.9 Å². The van der Waals surface area contributed by atoms with Crippen molar-refractivity contribution in [2.75, 3.05) is 14.2 Å². The molecule has 220 valence electrons. The minimum absolute atomic E-state index is 0.00114. The van der Waals surface area contributed by atoms with Crippen molar-refractivity contribution in [2.24, 2.45) is 4.99 Å². The molecule has 1 aliphatic rings. The second kappa shape index (κ2) is 12.8. The predicted octanol–water partition coefficient (Wildman–Crippen LogP) is 5.06. The number of esters is 1. The molecule has 0 spiro atoms. The summed E-state index contributed by atoms with van der Waals surface area (Å²) in [6.45, 7) is 2.08. The van der Waals surface area contributed by atoms with Gasteiger partial charge in [0.15, 0.2) is 16.3 Å². The van der Waals surface area contributed by atoms with Crippen LogP contribution in [0.4, 0.5) is 5.69 Å². The number of nitro benzene ring substituents is 1. The lowest BCUT2D eigenvalue weighted by molar-refractivity contribution is -0.384. The molecule has 4 aromatic rings. The lowest BCUT2D eigenvalue weighted by Gasteiger charge is -2.25. The molecule has 0 bridgehead atoms. The number of benzene rings is 3. The molecule has 3 aromatic carbocycles. The van der Waals surface area contributed by atoms with Crippen molar-refractivity contribution >= 4 is 45.0 Å². The van der Waals surface area contributed by atoms with Crippen LogP contribution in [-0.2, 0) is 16.1 Å². The Hall–Kier alpha value is -4.55. The number of halogens is 1. The minimum atomic E-state index is -0.685. The monoisotopic (exact) mass is 663 g/mol. The maximum absolute atomic E-state index is 13.9. The third-order valence-corrected chi connectivity index (χ3v) is 8.55. The first kappa shape index (κ1) is 29.9. The maximum Gasteiger partial charge on any atom is 0.338 e. The van der Waals surface area contributed by atoms with E-state index in [4.69, 9.17) is 19.2 Å². The molecule has 0 unspecified atom stereocenters. The molecule has 0 amide bonds. The van der Waals surface area contributed by atoms with E-state index in [9.17, 15) is 19.7 Å². The molecular formula is C31H26BrN3O7S. The molecule has 1 atom stereocenters. The average molecular weight is 665 g/mol. The summed E-state index contributed by atoms with van der Waals surface area (Å²) in [6.07, 6.45) is 2.23. The van der Waals surface area contributed by atoms with Gasteiger partial charge in [0.1, 0.15) is 6.61 Å². The molecular weight excluding hydrogens is 638 g/mol. The van der Waals surface area contributed by atoms with Crippen molar-refractivity contribution in [3.63, 3.8) is 0 Å². The Morgan fingerprint density at radius 2 is 1.84 bits per heavy atom. The van der Waals surface area contributed by atoms with Crippen LogP contribution in [0, 0.1) is 10.1 Å². The zero-order chi connectivity index (χ0) is 30.7. The largest absolute Gasteiger partial charge is 0.493 e. The molecule has 0 saturated carbocycles. The summed E-state index contributed by atoms with van der Waals surface area (Å²) >= 11 is 4.82. The second-order valence-electron chi connectivity index (χ2n) is 9.44. The number of non-ortho nitro benzene ring substituents is 1. The second-order valence-corrected chi connectivity index (χ2v) is 11.3. The number of hydrogen-bond acceptors (Lipinski definition) is 9. The highest BCUT2D eigenvalue weighted by Gasteiger charge is 2.33. The fraction of sp³-hybridized carbons (Fsp3) is 0.194. The van der Waals surface area contributed by atoms with E-state index in [0.29, 0.717) is 48.6 Å². The Morgan fingerprint density at radius 3 is 2.47 bits per heavy atom. The molecule has 0 N–H and O–H groups in total. The third-order valence-electron chi connectivity index (χ3n) is 6.88. The first-order valence-electron chi connectivity index (χ1n) is 13.2. The first-order chi connectivity index (χ1) is 20.7. The van der Waals surface area contributed by atoms with Crippen LogP contribution in [0.3, 0.4) is 0 Å². The lowest BCUT2D eigenvalue weighted by atomic mass is 9.95. The van der Waals surface area contributed by atoms with Crippen LogP contribution >= 0.6 is 27.3 Å². The van der Waals surface area contributed by atoms with Gasteiger partial charge in [0.2, 0.25) is 0 Å². The summed E-state index contributed by atoms with van der Waals surface area (Å²) in [5, 5.41) is 10.9. The summed E-state index contributed by atoms with van der Waals surface area (Å²) in [6, 6.07) is 18.3. The highest BCUT2D eigenvalue weighted by atomic mass is 79.9. The van der Waals surface area contributed by atoms with Crippen LogP contribution in [0.5, 0.6) is 11.5 Å². The van der Waals surface area contributed by atoms with Gasteiger partial charge in [0.25, 0.3) is 11.2 Å². The zero-order valence-electron chi connectivity index (χ0n) is 23.4.